The van der Waals surface area contributed by atoms with E-state index in [2.05, 4.69) is 15.3 Å². The molecule has 24 heavy (non-hydrogen) atoms. The molecule has 6 nitrogen and oxygen atoms in total. The van der Waals surface area contributed by atoms with E-state index >= 15 is 0 Å². The minimum Gasteiger partial charge on any atom is -0.479 e. The molecular weight excluding hydrogens is 326 g/mol. The molecule has 1 atom stereocenters. The highest BCUT2D eigenvalue weighted by molar-refractivity contribution is 7.22. The standard InChI is InChI=1S/C17H15N3O3S/c1-22-16-13-14(11(9-18-16)12-7-8-23-12)24-17(19-13)20-15(21)10-5-3-2-4-6-10/h2-6,9,12H,7-8H2,1H3,(H,19,20,21). The fourth-order valence-corrected chi connectivity index (χ4v) is 3.59. The van der Waals surface area contributed by atoms with Crippen LogP contribution in [-0.2, 0) is 4.74 Å². The van der Waals surface area contributed by atoms with Crippen molar-refractivity contribution in [2.75, 3.05) is 19.0 Å². The number of nitrogens with zero attached hydrogens (tertiary/aromatic N) is 2. The SMILES string of the molecule is COc1ncc(C2CCO2)c2sc(NC(=O)c3ccccc3)nc12. The van der Waals surface area contributed by atoms with Gasteiger partial charge < -0.3 is 9.47 Å². The van der Waals surface area contributed by atoms with E-state index in [1.807, 2.05) is 18.2 Å². The van der Waals surface area contributed by atoms with Crippen molar-refractivity contribution in [3.63, 3.8) is 0 Å². The molecule has 4 rings (SSSR count). The monoisotopic (exact) mass is 341 g/mol. The zero-order valence-corrected chi connectivity index (χ0v) is 13.8. The number of aromatic nitrogens is 2. The van der Waals surface area contributed by atoms with Crippen LogP contribution in [0.5, 0.6) is 5.88 Å². The first-order chi connectivity index (χ1) is 11.8. The lowest BCUT2D eigenvalue weighted by Gasteiger charge is -2.26. The van der Waals surface area contributed by atoms with Crippen molar-refractivity contribution in [3.8, 4) is 5.88 Å². The van der Waals surface area contributed by atoms with Crippen LogP contribution >= 0.6 is 11.3 Å². The predicted octanol–water partition coefficient (Wildman–Crippen LogP) is 3.41. The lowest BCUT2D eigenvalue weighted by Crippen LogP contribution is -2.18. The number of fused-ring (bicyclic) bond motifs is 1. The molecular formula is C17H15N3O3S. The first-order valence-corrected chi connectivity index (χ1v) is 8.39. The fourth-order valence-electron chi connectivity index (χ4n) is 2.58. The van der Waals surface area contributed by atoms with E-state index in [-0.39, 0.29) is 12.0 Å². The molecule has 1 unspecified atom stereocenters. The van der Waals surface area contributed by atoms with Crippen LogP contribution in [0.4, 0.5) is 5.13 Å². The number of nitrogens with one attached hydrogen (secondary N) is 1. The summed E-state index contributed by atoms with van der Waals surface area (Å²) in [5.74, 6) is 0.257. The summed E-state index contributed by atoms with van der Waals surface area (Å²) in [6.45, 7) is 0.759. The van der Waals surface area contributed by atoms with Gasteiger partial charge in [0.15, 0.2) is 5.13 Å². The van der Waals surface area contributed by atoms with E-state index < -0.39 is 0 Å². The number of carbonyl (C=O) groups excluding carboxylic acids is 1. The van der Waals surface area contributed by atoms with E-state index in [9.17, 15) is 4.79 Å². The Kier molecular flexibility index (Phi) is 3.87. The summed E-state index contributed by atoms with van der Waals surface area (Å²) in [5.41, 5.74) is 2.23. The quantitative estimate of drug-likeness (QED) is 0.787. The van der Waals surface area contributed by atoms with Gasteiger partial charge in [-0.1, -0.05) is 29.5 Å². The van der Waals surface area contributed by atoms with Crippen LogP contribution in [0, 0.1) is 0 Å². The Morgan fingerprint density at radius 3 is 2.83 bits per heavy atom. The van der Waals surface area contributed by atoms with Crippen LogP contribution in [0.2, 0.25) is 0 Å². The summed E-state index contributed by atoms with van der Waals surface area (Å²) >= 11 is 1.41. The Balaban J connectivity index is 1.70. The van der Waals surface area contributed by atoms with Gasteiger partial charge in [-0.2, -0.15) is 0 Å². The summed E-state index contributed by atoms with van der Waals surface area (Å²) in [6.07, 6.45) is 2.78. The number of rotatable bonds is 4. The first kappa shape index (κ1) is 15.0. The van der Waals surface area contributed by atoms with Crippen molar-refractivity contribution in [1.82, 2.24) is 9.97 Å². The predicted molar refractivity (Wildman–Crippen MR) is 91.7 cm³/mol. The Morgan fingerprint density at radius 1 is 1.38 bits per heavy atom. The maximum Gasteiger partial charge on any atom is 0.257 e. The smallest absolute Gasteiger partial charge is 0.257 e. The lowest BCUT2D eigenvalue weighted by atomic mass is 10.1. The zero-order valence-electron chi connectivity index (χ0n) is 13.0. The number of thiazole rings is 1. The number of methoxy groups -OCH3 is 1. The van der Waals surface area contributed by atoms with Gasteiger partial charge in [0.05, 0.1) is 24.5 Å². The molecule has 7 heteroatoms. The fraction of sp³-hybridized carbons (Fsp3) is 0.235. The van der Waals surface area contributed by atoms with Gasteiger partial charge in [0.25, 0.3) is 5.91 Å². The highest BCUT2D eigenvalue weighted by Crippen LogP contribution is 2.40. The molecule has 3 aromatic rings. The van der Waals surface area contributed by atoms with Gasteiger partial charge in [-0.15, -0.1) is 0 Å². The number of ether oxygens (including phenoxy) is 2. The van der Waals surface area contributed by atoms with Gasteiger partial charge in [-0.3, -0.25) is 10.1 Å². The number of hydrogen-bond acceptors (Lipinski definition) is 6. The minimum absolute atomic E-state index is 0.0454. The van der Waals surface area contributed by atoms with Gasteiger partial charge in [0.1, 0.15) is 5.52 Å². The van der Waals surface area contributed by atoms with Crippen molar-refractivity contribution in [1.29, 1.82) is 0 Å². The number of anilines is 1. The minimum atomic E-state index is -0.192. The van der Waals surface area contributed by atoms with Gasteiger partial charge in [0, 0.05) is 23.7 Å². The van der Waals surface area contributed by atoms with Crippen molar-refractivity contribution in [2.24, 2.45) is 0 Å². The number of hydrogen-bond donors (Lipinski definition) is 1. The molecule has 1 saturated heterocycles. The van der Waals surface area contributed by atoms with Gasteiger partial charge in [-0.05, 0) is 12.1 Å². The Hall–Kier alpha value is -2.51. The molecule has 1 fully saturated rings. The van der Waals surface area contributed by atoms with Gasteiger partial charge in [-0.25, -0.2) is 9.97 Å². The normalized spacial score (nSPS) is 16.6. The molecule has 2 aromatic heterocycles. The van der Waals surface area contributed by atoms with Crippen LogP contribution in [0.1, 0.15) is 28.4 Å². The third kappa shape index (κ3) is 2.61. The Morgan fingerprint density at radius 2 is 2.17 bits per heavy atom. The Labute approximate surface area is 142 Å². The number of pyridine rings is 1. The summed E-state index contributed by atoms with van der Waals surface area (Å²) in [5, 5.41) is 3.36. The number of carbonyl (C=O) groups is 1. The van der Waals surface area contributed by atoms with Gasteiger partial charge >= 0.3 is 0 Å². The summed E-state index contributed by atoms with van der Waals surface area (Å²) in [6, 6.07) is 9.05. The third-order valence-electron chi connectivity index (χ3n) is 3.91. The van der Waals surface area contributed by atoms with E-state index in [4.69, 9.17) is 9.47 Å². The topological polar surface area (TPSA) is 73.3 Å². The van der Waals surface area contributed by atoms with Crippen molar-refractivity contribution >= 4 is 32.6 Å². The van der Waals surface area contributed by atoms with Gasteiger partial charge in [0.2, 0.25) is 5.88 Å². The molecule has 0 saturated carbocycles. The molecule has 122 valence electrons. The Bertz CT molecular complexity index is 891. The van der Waals surface area contributed by atoms with Crippen molar-refractivity contribution in [3.05, 3.63) is 47.7 Å². The molecule has 1 aromatic carbocycles. The lowest BCUT2D eigenvalue weighted by molar-refractivity contribution is -0.0519. The molecule has 0 spiro atoms. The summed E-state index contributed by atoms with van der Waals surface area (Å²) < 4.78 is 11.8. The molecule has 0 aliphatic carbocycles. The highest BCUT2D eigenvalue weighted by Gasteiger charge is 2.26. The summed E-state index contributed by atoms with van der Waals surface area (Å²) in [7, 11) is 1.56. The molecule has 3 heterocycles. The summed E-state index contributed by atoms with van der Waals surface area (Å²) in [4.78, 5) is 21.1. The van der Waals surface area contributed by atoms with E-state index in [0.717, 1.165) is 23.3 Å². The molecule has 0 bridgehead atoms. The second-order valence-electron chi connectivity index (χ2n) is 5.39. The second-order valence-corrected chi connectivity index (χ2v) is 6.39. The molecule has 1 aliphatic rings. The average Bonchev–Trinajstić information content (AvgIpc) is 2.98. The van der Waals surface area contributed by atoms with E-state index in [1.165, 1.54) is 11.3 Å². The first-order valence-electron chi connectivity index (χ1n) is 7.57. The third-order valence-corrected chi connectivity index (χ3v) is 4.93. The molecule has 0 radical (unpaired) electrons. The maximum absolute atomic E-state index is 12.3. The molecule has 1 N–H and O–H groups in total. The van der Waals surface area contributed by atoms with Crippen molar-refractivity contribution in [2.45, 2.75) is 12.5 Å². The second kappa shape index (κ2) is 6.18. The zero-order chi connectivity index (χ0) is 16.5. The highest BCUT2D eigenvalue weighted by atomic mass is 32.1. The van der Waals surface area contributed by atoms with Crippen LogP contribution in [-0.4, -0.2) is 29.6 Å². The van der Waals surface area contributed by atoms with Crippen LogP contribution in [0.15, 0.2) is 36.5 Å². The van der Waals surface area contributed by atoms with Crippen molar-refractivity contribution < 1.29 is 14.3 Å². The molecule has 1 aliphatic heterocycles. The van der Waals surface area contributed by atoms with Crippen LogP contribution in [0.3, 0.4) is 0 Å². The van der Waals surface area contributed by atoms with Crippen LogP contribution in [0.25, 0.3) is 10.2 Å². The van der Waals surface area contributed by atoms with Crippen LogP contribution < -0.4 is 10.1 Å². The maximum atomic E-state index is 12.3. The molecule has 1 amide bonds. The van der Waals surface area contributed by atoms with E-state index in [1.54, 1.807) is 25.4 Å². The van der Waals surface area contributed by atoms with E-state index in [0.29, 0.717) is 22.1 Å². The number of amides is 1. The average molecular weight is 341 g/mol. The largest absolute Gasteiger partial charge is 0.479 e. The number of benzene rings is 1.